The van der Waals surface area contributed by atoms with Gasteiger partial charge >= 0.3 is 0 Å². The van der Waals surface area contributed by atoms with Gasteiger partial charge in [-0.25, -0.2) is 0 Å². The number of rotatable bonds is 5. The lowest BCUT2D eigenvalue weighted by Crippen LogP contribution is -2.07. The second kappa shape index (κ2) is 4.67. The molecule has 0 N–H and O–H groups in total. The van der Waals surface area contributed by atoms with E-state index in [0.717, 1.165) is 0 Å². The van der Waals surface area contributed by atoms with E-state index in [9.17, 15) is 0 Å². The highest BCUT2D eigenvalue weighted by Gasteiger charge is 2.38. The Morgan fingerprint density at radius 3 is 2.67 bits per heavy atom. The van der Waals surface area contributed by atoms with Crippen LogP contribution in [0.25, 0.3) is 0 Å². The van der Waals surface area contributed by atoms with Crippen molar-refractivity contribution in [3.8, 4) is 0 Å². The molecule has 1 saturated heterocycles. The zero-order chi connectivity index (χ0) is 10.8. The van der Waals surface area contributed by atoms with Gasteiger partial charge in [-0.3, -0.25) is 0 Å². The van der Waals surface area contributed by atoms with Gasteiger partial charge in [-0.05, 0) is 37.8 Å². The van der Waals surface area contributed by atoms with Gasteiger partial charge in [0.15, 0.2) is 0 Å². The first-order valence-electron chi connectivity index (χ1n) is 5.93. The highest BCUT2D eigenvalue weighted by molar-refractivity contribution is 7.11. The number of hydrogen-bond acceptors (Lipinski definition) is 2. The van der Waals surface area contributed by atoms with Gasteiger partial charge in [-0.15, -0.1) is 11.3 Å². The topological polar surface area (TPSA) is 12.5 Å². The first-order chi connectivity index (χ1) is 7.20. The molecule has 0 aromatic carbocycles. The van der Waals surface area contributed by atoms with Crippen LogP contribution in [-0.2, 0) is 17.6 Å². The summed E-state index contributed by atoms with van der Waals surface area (Å²) >= 11 is 1.98. The Morgan fingerprint density at radius 2 is 2.07 bits per heavy atom. The SMILES string of the molecule is CCCc1ccc(CC(C)C2OC2C)s1. The predicted molar refractivity (Wildman–Crippen MR) is 65.5 cm³/mol. The summed E-state index contributed by atoms with van der Waals surface area (Å²) in [5.74, 6) is 0.674. The van der Waals surface area contributed by atoms with Crippen LogP contribution in [0.1, 0.15) is 36.9 Å². The largest absolute Gasteiger partial charge is 0.370 e. The lowest BCUT2D eigenvalue weighted by Gasteiger charge is -2.05. The molecule has 2 rings (SSSR count). The fourth-order valence-corrected chi connectivity index (χ4v) is 3.41. The zero-order valence-corrected chi connectivity index (χ0v) is 10.6. The molecule has 0 amide bonds. The van der Waals surface area contributed by atoms with E-state index in [1.807, 2.05) is 11.3 Å². The van der Waals surface area contributed by atoms with Gasteiger partial charge in [0.25, 0.3) is 0 Å². The third-order valence-electron chi connectivity index (χ3n) is 3.06. The Kier molecular flexibility index (Phi) is 3.47. The minimum atomic E-state index is 0.495. The summed E-state index contributed by atoms with van der Waals surface area (Å²) in [6.07, 6.45) is 4.67. The fourth-order valence-electron chi connectivity index (χ4n) is 2.15. The molecular weight excluding hydrogens is 204 g/mol. The number of hydrogen-bond donors (Lipinski definition) is 0. The third-order valence-corrected chi connectivity index (χ3v) is 4.22. The summed E-state index contributed by atoms with van der Waals surface area (Å²) in [6.45, 7) is 6.70. The standard InChI is InChI=1S/C13H20OS/c1-4-5-11-6-7-12(15-11)8-9(2)13-10(3)14-13/h6-7,9-10,13H,4-5,8H2,1-3H3. The molecule has 2 heterocycles. The summed E-state index contributed by atoms with van der Waals surface area (Å²) in [6, 6.07) is 4.58. The second-order valence-electron chi connectivity index (χ2n) is 4.61. The minimum Gasteiger partial charge on any atom is -0.370 e. The van der Waals surface area contributed by atoms with Crippen molar-refractivity contribution in [2.75, 3.05) is 0 Å². The molecule has 2 heteroatoms. The van der Waals surface area contributed by atoms with Gasteiger partial charge in [0, 0.05) is 9.75 Å². The van der Waals surface area contributed by atoms with Crippen molar-refractivity contribution in [3.05, 3.63) is 21.9 Å². The van der Waals surface area contributed by atoms with Gasteiger partial charge in [-0.1, -0.05) is 20.3 Å². The molecule has 1 aliphatic heterocycles. The van der Waals surface area contributed by atoms with Crippen LogP contribution in [0.3, 0.4) is 0 Å². The van der Waals surface area contributed by atoms with Gasteiger partial charge in [0.2, 0.25) is 0 Å². The molecular formula is C13H20OS. The molecule has 15 heavy (non-hydrogen) atoms. The van der Waals surface area contributed by atoms with Crippen LogP contribution in [0.4, 0.5) is 0 Å². The summed E-state index contributed by atoms with van der Waals surface area (Å²) in [5.41, 5.74) is 0. The van der Waals surface area contributed by atoms with E-state index >= 15 is 0 Å². The van der Waals surface area contributed by atoms with Crippen molar-refractivity contribution in [2.45, 2.75) is 52.2 Å². The zero-order valence-electron chi connectivity index (χ0n) is 9.82. The molecule has 0 bridgehead atoms. The molecule has 1 aliphatic rings. The Labute approximate surface area is 96.5 Å². The first-order valence-corrected chi connectivity index (χ1v) is 6.75. The van der Waals surface area contributed by atoms with E-state index in [4.69, 9.17) is 4.74 Å². The fraction of sp³-hybridized carbons (Fsp3) is 0.692. The Balaban J connectivity index is 1.87. The molecule has 0 aliphatic carbocycles. The normalized spacial score (nSPS) is 26.6. The highest BCUT2D eigenvalue weighted by atomic mass is 32.1. The third kappa shape index (κ3) is 2.82. The van der Waals surface area contributed by atoms with E-state index in [1.165, 1.54) is 29.0 Å². The summed E-state index contributed by atoms with van der Waals surface area (Å²) in [5, 5.41) is 0. The van der Waals surface area contributed by atoms with E-state index in [-0.39, 0.29) is 0 Å². The second-order valence-corrected chi connectivity index (χ2v) is 5.86. The van der Waals surface area contributed by atoms with Crippen molar-refractivity contribution in [3.63, 3.8) is 0 Å². The van der Waals surface area contributed by atoms with Crippen LogP contribution in [0.5, 0.6) is 0 Å². The Hall–Kier alpha value is -0.340. The quantitative estimate of drug-likeness (QED) is 0.695. The maximum atomic E-state index is 5.51. The van der Waals surface area contributed by atoms with Crippen LogP contribution >= 0.6 is 11.3 Å². The Morgan fingerprint density at radius 1 is 1.40 bits per heavy atom. The maximum absolute atomic E-state index is 5.51. The van der Waals surface area contributed by atoms with Crippen LogP contribution < -0.4 is 0 Å². The van der Waals surface area contributed by atoms with E-state index in [0.29, 0.717) is 18.1 Å². The molecule has 0 saturated carbocycles. The van der Waals surface area contributed by atoms with E-state index in [1.54, 1.807) is 0 Å². The van der Waals surface area contributed by atoms with Gasteiger partial charge < -0.3 is 4.74 Å². The van der Waals surface area contributed by atoms with Gasteiger partial charge in [0.1, 0.15) is 0 Å². The maximum Gasteiger partial charge on any atom is 0.0867 e. The first kappa shape index (κ1) is 11.2. The number of aryl methyl sites for hydroxylation is 1. The van der Waals surface area contributed by atoms with Crippen LogP contribution in [0, 0.1) is 5.92 Å². The molecule has 0 spiro atoms. The lowest BCUT2D eigenvalue weighted by atomic mass is 10.0. The van der Waals surface area contributed by atoms with Gasteiger partial charge in [0.05, 0.1) is 12.2 Å². The molecule has 3 atom stereocenters. The van der Waals surface area contributed by atoms with Crippen LogP contribution in [0.15, 0.2) is 12.1 Å². The van der Waals surface area contributed by atoms with Crippen molar-refractivity contribution in [1.82, 2.24) is 0 Å². The van der Waals surface area contributed by atoms with Crippen LogP contribution in [0.2, 0.25) is 0 Å². The monoisotopic (exact) mass is 224 g/mol. The smallest absolute Gasteiger partial charge is 0.0867 e. The number of epoxide rings is 1. The average molecular weight is 224 g/mol. The summed E-state index contributed by atoms with van der Waals surface area (Å²) in [7, 11) is 0. The van der Waals surface area contributed by atoms with Crippen LogP contribution in [-0.4, -0.2) is 12.2 Å². The predicted octanol–water partition coefficient (Wildman–Crippen LogP) is 3.67. The summed E-state index contributed by atoms with van der Waals surface area (Å²) in [4.78, 5) is 3.05. The van der Waals surface area contributed by atoms with Crippen molar-refractivity contribution in [2.24, 2.45) is 5.92 Å². The van der Waals surface area contributed by atoms with Crippen molar-refractivity contribution < 1.29 is 4.74 Å². The molecule has 1 aromatic rings. The van der Waals surface area contributed by atoms with Crippen molar-refractivity contribution in [1.29, 1.82) is 0 Å². The highest BCUT2D eigenvalue weighted by Crippen LogP contribution is 2.32. The Bertz CT molecular complexity index is 318. The number of ether oxygens (including phenoxy) is 1. The lowest BCUT2D eigenvalue weighted by molar-refractivity contribution is 0.329. The molecule has 1 fully saturated rings. The summed E-state index contributed by atoms with van der Waals surface area (Å²) < 4.78 is 5.51. The molecule has 84 valence electrons. The number of thiophene rings is 1. The minimum absolute atomic E-state index is 0.495. The van der Waals surface area contributed by atoms with E-state index < -0.39 is 0 Å². The molecule has 1 aromatic heterocycles. The molecule has 0 radical (unpaired) electrons. The van der Waals surface area contributed by atoms with Gasteiger partial charge in [-0.2, -0.15) is 0 Å². The molecule has 1 nitrogen and oxygen atoms in total. The average Bonchev–Trinajstić information content (AvgIpc) is 2.76. The van der Waals surface area contributed by atoms with E-state index in [2.05, 4.69) is 32.9 Å². The van der Waals surface area contributed by atoms with Crippen molar-refractivity contribution >= 4 is 11.3 Å². The molecule has 3 unspecified atom stereocenters.